The molecule has 1 aromatic heterocycles. The van der Waals surface area contributed by atoms with Crippen molar-refractivity contribution in [1.82, 2.24) is 9.78 Å². The predicted octanol–water partition coefficient (Wildman–Crippen LogP) is 5.69. The third kappa shape index (κ3) is 6.97. The molecule has 0 saturated heterocycles. The minimum absolute atomic E-state index is 0.293. The molecule has 9 heteroatoms. The van der Waals surface area contributed by atoms with Crippen molar-refractivity contribution in [2.75, 3.05) is 24.7 Å². The maximum atomic E-state index is 13.3. The van der Waals surface area contributed by atoms with Gasteiger partial charge in [-0.1, -0.05) is 12.1 Å². The maximum Gasteiger partial charge on any atom is 0.330 e. The Hall–Kier alpha value is -3.06. The Kier molecular flexibility index (Phi) is 8.93. The molecule has 0 aliphatic carbocycles. The zero-order chi connectivity index (χ0) is 24.6. The Bertz CT molecular complexity index is 1160. The van der Waals surface area contributed by atoms with Crippen molar-refractivity contribution in [2.45, 2.75) is 20.3 Å². The molecule has 0 aliphatic rings. The van der Waals surface area contributed by atoms with E-state index in [1.54, 1.807) is 62.1 Å². The number of nitrogens with zero attached hydrogens (tertiary/aromatic N) is 2. The smallest absolute Gasteiger partial charge is 0.323 e. The first-order chi connectivity index (χ1) is 16.3. The van der Waals surface area contributed by atoms with Crippen LogP contribution in [-0.4, -0.2) is 35.1 Å². The molecule has 1 heterocycles. The van der Waals surface area contributed by atoms with E-state index in [0.29, 0.717) is 31.5 Å². The number of aromatic nitrogens is 2. The van der Waals surface area contributed by atoms with E-state index in [1.807, 2.05) is 12.1 Å². The highest BCUT2D eigenvalue weighted by Crippen LogP contribution is 2.48. The molecule has 3 rings (SSSR count). The van der Waals surface area contributed by atoms with Gasteiger partial charge in [-0.25, -0.2) is 4.39 Å². The topological polar surface area (TPSA) is 82.5 Å². The lowest BCUT2D eigenvalue weighted by molar-refractivity contribution is -0.111. The summed E-state index contributed by atoms with van der Waals surface area (Å²) in [4.78, 5) is 12.4. The van der Waals surface area contributed by atoms with Gasteiger partial charge >= 0.3 is 7.60 Å². The van der Waals surface area contributed by atoms with Gasteiger partial charge < -0.3 is 14.4 Å². The lowest BCUT2D eigenvalue weighted by Crippen LogP contribution is -2.08. The van der Waals surface area contributed by atoms with Crippen molar-refractivity contribution >= 4 is 25.3 Å². The summed E-state index contributed by atoms with van der Waals surface area (Å²) in [6.45, 7) is 4.24. The van der Waals surface area contributed by atoms with Crippen LogP contribution in [-0.2, 0) is 31.9 Å². The molecule has 3 aromatic rings. The number of halogens is 1. The normalized spacial score (nSPS) is 11.8. The first kappa shape index (κ1) is 25.6. The number of benzene rings is 2. The van der Waals surface area contributed by atoms with Gasteiger partial charge in [-0.3, -0.25) is 14.0 Å². The highest BCUT2D eigenvalue weighted by molar-refractivity contribution is 7.53. The molecule has 0 spiro atoms. The van der Waals surface area contributed by atoms with E-state index in [0.717, 1.165) is 22.4 Å². The number of amides is 1. The number of anilines is 1. The lowest BCUT2D eigenvalue weighted by atomic mass is 10.1. The van der Waals surface area contributed by atoms with Crippen LogP contribution in [0.15, 0.2) is 60.8 Å². The van der Waals surface area contributed by atoms with E-state index >= 15 is 0 Å². The summed E-state index contributed by atoms with van der Waals surface area (Å²) in [7, 11) is -1.30. The Labute approximate surface area is 199 Å². The third-order valence-corrected chi connectivity index (χ3v) is 7.12. The van der Waals surface area contributed by atoms with Gasteiger partial charge in [0.05, 0.1) is 31.3 Å². The average Bonchev–Trinajstić information content (AvgIpc) is 3.18. The fourth-order valence-corrected chi connectivity index (χ4v) is 5.12. The molecule has 0 bridgehead atoms. The second-order valence-corrected chi connectivity index (χ2v) is 9.70. The first-order valence-corrected chi connectivity index (χ1v) is 12.8. The molecular weight excluding hydrogens is 456 g/mol. The molecule has 1 amide bonds. The van der Waals surface area contributed by atoms with Crippen molar-refractivity contribution in [3.63, 3.8) is 0 Å². The number of hydrogen-bond acceptors (Lipinski definition) is 5. The standard InChI is InChI=1S/C25H29FN3O4P/c1-4-32-34(31,33-5-2)17-16-19-6-13-23(14-7-19)28-24(30)15-10-21-18-27-29(3)25(21)20-8-11-22(26)12-9-20/h6-15,18H,4-5,16-17H2,1-3H3,(H,28,30)/b15-10+. The van der Waals surface area contributed by atoms with Gasteiger partial charge in [-0.15, -0.1) is 0 Å². The minimum atomic E-state index is -3.09. The second-order valence-electron chi connectivity index (χ2n) is 7.52. The summed E-state index contributed by atoms with van der Waals surface area (Å²) in [5, 5.41) is 7.07. The first-order valence-electron chi connectivity index (χ1n) is 11.1. The molecule has 0 atom stereocenters. The third-order valence-electron chi connectivity index (χ3n) is 5.05. The van der Waals surface area contributed by atoms with E-state index in [2.05, 4.69) is 10.4 Å². The Morgan fingerprint density at radius 3 is 2.35 bits per heavy atom. The monoisotopic (exact) mass is 485 g/mol. The number of carbonyl (C=O) groups excluding carboxylic acids is 1. The fourth-order valence-electron chi connectivity index (χ4n) is 3.47. The summed E-state index contributed by atoms with van der Waals surface area (Å²) in [5.41, 5.74) is 3.93. The lowest BCUT2D eigenvalue weighted by Gasteiger charge is -2.16. The molecule has 0 unspecified atom stereocenters. The Morgan fingerprint density at radius 1 is 1.09 bits per heavy atom. The Morgan fingerprint density at radius 2 is 1.74 bits per heavy atom. The second kappa shape index (κ2) is 11.9. The van der Waals surface area contributed by atoms with Gasteiger partial charge in [0.1, 0.15) is 5.82 Å². The van der Waals surface area contributed by atoms with Crippen LogP contribution < -0.4 is 5.32 Å². The zero-order valence-electron chi connectivity index (χ0n) is 19.5. The van der Waals surface area contributed by atoms with Crippen LogP contribution in [0.3, 0.4) is 0 Å². The van der Waals surface area contributed by atoms with Gasteiger partial charge in [-0.05, 0) is 68.3 Å². The number of hydrogen-bond donors (Lipinski definition) is 1. The minimum Gasteiger partial charge on any atom is -0.323 e. The predicted molar refractivity (Wildman–Crippen MR) is 132 cm³/mol. The Balaban J connectivity index is 1.61. The van der Waals surface area contributed by atoms with Gasteiger partial charge in [0.15, 0.2) is 0 Å². The summed E-state index contributed by atoms with van der Waals surface area (Å²) in [6.07, 6.45) is 5.59. The average molecular weight is 485 g/mol. The summed E-state index contributed by atoms with van der Waals surface area (Å²) in [6, 6.07) is 13.4. The molecule has 0 fully saturated rings. The number of nitrogens with one attached hydrogen (secondary N) is 1. The maximum absolute atomic E-state index is 13.3. The molecule has 7 nitrogen and oxygen atoms in total. The largest absolute Gasteiger partial charge is 0.330 e. The van der Waals surface area contributed by atoms with E-state index in [1.165, 1.54) is 18.2 Å². The van der Waals surface area contributed by atoms with Crippen LogP contribution in [0.1, 0.15) is 25.0 Å². The van der Waals surface area contributed by atoms with Gasteiger partial charge in [0.25, 0.3) is 0 Å². The van der Waals surface area contributed by atoms with Gasteiger partial charge in [-0.2, -0.15) is 5.10 Å². The highest BCUT2D eigenvalue weighted by atomic mass is 31.2. The molecule has 1 N–H and O–H groups in total. The van der Waals surface area contributed by atoms with E-state index in [9.17, 15) is 13.8 Å². The van der Waals surface area contributed by atoms with Crippen LogP contribution in [0.2, 0.25) is 0 Å². The van der Waals surface area contributed by atoms with Crippen molar-refractivity contribution in [3.8, 4) is 11.3 Å². The number of carbonyl (C=O) groups is 1. The summed E-state index contributed by atoms with van der Waals surface area (Å²) >= 11 is 0. The summed E-state index contributed by atoms with van der Waals surface area (Å²) < 4.78 is 38.2. The van der Waals surface area contributed by atoms with Crippen LogP contribution in [0.5, 0.6) is 0 Å². The van der Waals surface area contributed by atoms with Gasteiger partial charge in [0, 0.05) is 29.9 Å². The molecule has 2 aromatic carbocycles. The van der Waals surface area contributed by atoms with Crippen LogP contribution in [0.25, 0.3) is 17.3 Å². The van der Waals surface area contributed by atoms with E-state index < -0.39 is 7.60 Å². The van der Waals surface area contributed by atoms with Crippen LogP contribution in [0, 0.1) is 5.82 Å². The zero-order valence-corrected chi connectivity index (χ0v) is 20.4. The molecule has 180 valence electrons. The van der Waals surface area contributed by atoms with Crippen molar-refractivity contribution < 1.29 is 22.8 Å². The highest BCUT2D eigenvalue weighted by Gasteiger charge is 2.22. The molecule has 0 saturated carbocycles. The van der Waals surface area contributed by atoms with Crippen LogP contribution >= 0.6 is 7.60 Å². The van der Waals surface area contributed by atoms with Crippen molar-refractivity contribution in [1.29, 1.82) is 0 Å². The van der Waals surface area contributed by atoms with Crippen molar-refractivity contribution in [3.05, 3.63) is 77.7 Å². The van der Waals surface area contributed by atoms with Crippen molar-refractivity contribution in [2.24, 2.45) is 7.05 Å². The van der Waals surface area contributed by atoms with E-state index in [4.69, 9.17) is 9.05 Å². The quantitative estimate of drug-likeness (QED) is 0.279. The SMILES string of the molecule is CCOP(=O)(CCc1ccc(NC(=O)/C=C/c2cnn(C)c2-c2ccc(F)cc2)cc1)OCC. The summed E-state index contributed by atoms with van der Waals surface area (Å²) in [5.74, 6) is -0.607. The molecular formula is C25H29FN3O4P. The van der Waals surface area contributed by atoms with Crippen LogP contribution in [0.4, 0.5) is 10.1 Å². The molecule has 0 radical (unpaired) electrons. The fraction of sp³-hybridized carbons (Fsp3) is 0.280. The van der Waals surface area contributed by atoms with Gasteiger partial charge in [0.2, 0.25) is 5.91 Å². The molecule has 0 aliphatic heterocycles. The molecule has 34 heavy (non-hydrogen) atoms. The number of rotatable bonds is 11. The number of aryl methyl sites for hydroxylation is 2. The van der Waals surface area contributed by atoms with E-state index in [-0.39, 0.29) is 11.7 Å².